The molecule has 1 fully saturated rings. The molecule has 0 unspecified atom stereocenters. The number of rotatable bonds is 8. The third kappa shape index (κ3) is 5.82. The number of anilines is 1. The maximum absolute atomic E-state index is 12.2. The van der Waals surface area contributed by atoms with Crippen molar-refractivity contribution >= 4 is 11.6 Å². The van der Waals surface area contributed by atoms with Gasteiger partial charge in [0, 0.05) is 56.7 Å². The number of nitrogens with one attached hydrogen (secondary N) is 1. The van der Waals surface area contributed by atoms with Crippen LogP contribution >= 0.6 is 0 Å². The highest BCUT2D eigenvalue weighted by Gasteiger charge is 2.17. The highest BCUT2D eigenvalue weighted by Crippen LogP contribution is 2.18. The summed E-state index contributed by atoms with van der Waals surface area (Å²) in [6.45, 7) is 12.4. The maximum Gasteiger partial charge on any atom is 0.224 e. The topological polar surface area (TPSA) is 53.4 Å². The summed E-state index contributed by atoms with van der Waals surface area (Å²) in [5.74, 6) is 0.0935. The van der Waals surface area contributed by atoms with E-state index in [2.05, 4.69) is 51.4 Å². The molecule has 0 saturated carbocycles. The average Bonchev–Trinajstić information content (AvgIpc) is 2.94. The Balaban J connectivity index is 1.30. The number of nitrogens with zero attached hydrogens (tertiary/aromatic N) is 4. The summed E-state index contributed by atoms with van der Waals surface area (Å²) in [6, 6.07) is 8.77. The lowest BCUT2D eigenvalue weighted by Crippen LogP contribution is -2.46. The van der Waals surface area contributed by atoms with E-state index < -0.39 is 0 Å². The molecule has 0 radical (unpaired) electrons. The first-order chi connectivity index (χ1) is 13.9. The van der Waals surface area contributed by atoms with Crippen molar-refractivity contribution in [1.29, 1.82) is 0 Å². The lowest BCUT2D eigenvalue weighted by Gasteiger charge is -2.36. The van der Waals surface area contributed by atoms with Gasteiger partial charge < -0.3 is 10.2 Å². The molecule has 0 bridgehead atoms. The minimum absolute atomic E-state index is 0.0935. The van der Waals surface area contributed by atoms with Crippen molar-refractivity contribution < 1.29 is 4.79 Å². The third-order valence-corrected chi connectivity index (χ3v) is 5.96. The van der Waals surface area contributed by atoms with E-state index in [1.54, 1.807) is 0 Å². The summed E-state index contributed by atoms with van der Waals surface area (Å²) in [7, 11) is 1.92. The van der Waals surface area contributed by atoms with Crippen molar-refractivity contribution in [2.75, 3.05) is 44.2 Å². The second-order valence-electron chi connectivity index (χ2n) is 8.17. The number of hydrogen-bond donors (Lipinski definition) is 1. The zero-order chi connectivity index (χ0) is 20.8. The largest absolute Gasteiger partial charge is 0.369 e. The smallest absolute Gasteiger partial charge is 0.224 e. The second kappa shape index (κ2) is 9.92. The van der Waals surface area contributed by atoms with Gasteiger partial charge in [-0.1, -0.05) is 12.1 Å². The number of amides is 1. The average molecular weight is 398 g/mol. The van der Waals surface area contributed by atoms with Gasteiger partial charge in [-0.15, -0.1) is 0 Å². The number of carbonyl (C=O) groups is 1. The van der Waals surface area contributed by atoms with Crippen LogP contribution in [0, 0.1) is 20.8 Å². The molecular formula is C23H35N5O. The zero-order valence-electron chi connectivity index (χ0n) is 18.4. The number of unbranched alkanes of at least 4 members (excludes halogenated alkanes) is 1. The normalized spacial score (nSPS) is 15.0. The molecule has 1 amide bonds. The highest BCUT2D eigenvalue weighted by atomic mass is 16.1. The molecular weight excluding hydrogens is 362 g/mol. The molecule has 1 aromatic carbocycles. The van der Waals surface area contributed by atoms with Gasteiger partial charge in [0.1, 0.15) is 0 Å². The van der Waals surface area contributed by atoms with Crippen LogP contribution in [0.1, 0.15) is 35.4 Å². The van der Waals surface area contributed by atoms with Gasteiger partial charge in [-0.05, 0) is 57.9 Å². The molecule has 1 aliphatic rings. The number of aromatic nitrogens is 2. The van der Waals surface area contributed by atoms with Gasteiger partial charge in [-0.25, -0.2) is 0 Å². The number of carbonyl (C=O) groups excluding carboxylic acids is 1. The van der Waals surface area contributed by atoms with Crippen LogP contribution in [-0.4, -0.2) is 59.9 Å². The first kappa shape index (κ1) is 21.4. The molecule has 6 heteroatoms. The Morgan fingerprint density at radius 3 is 2.52 bits per heavy atom. The van der Waals surface area contributed by atoms with Crippen molar-refractivity contribution in [3.8, 4) is 0 Å². The predicted octanol–water partition coefficient (Wildman–Crippen LogP) is 2.61. The van der Waals surface area contributed by atoms with Crippen LogP contribution in [-0.2, 0) is 18.3 Å². The lowest BCUT2D eigenvalue weighted by atomic mass is 10.1. The monoisotopic (exact) mass is 397 g/mol. The Kier molecular flexibility index (Phi) is 7.31. The summed E-state index contributed by atoms with van der Waals surface area (Å²) < 4.78 is 1.84. The zero-order valence-corrected chi connectivity index (χ0v) is 18.4. The van der Waals surface area contributed by atoms with Gasteiger partial charge in [0.15, 0.2) is 0 Å². The van der Waals surface area contributed by atoms with E-state index in [-0.39, 0.29) is 5.91 Å². The van der Waals surface area contributed by atoms with Gasteiger partial charge in [0.2, 0.25) is 5.91 Å². The SMILES string of the molecule is Cc1cccc(N2CCN(CCCCNC(=O)Cc3c(C)nn(C)c3C)CC2)c1. The summed E-state index contributed by atoms with van der Waals surface area (Å²) in [6.07, 6.45) is 2.57. The van der Waals surface area contributed by atoms with E-state index in [1.807, 2.05) is 25.6 Å². The fourth-order valence-electron chi connectivity index (χ4n) is 4.04. The van der Waals surface area contributed by atoms with Gasteiger partial charge in [-0.3, -0.25) is 14.4 Å². The lowest BCUT2D eigenvalue weighted by molar-refractivity contribution is -0.120. The Hall–Kier alpha value is -2.34. The van der Waals surface area contributed by atoms with Crippen LogP contribution in [0.3, 0.4) is 0 Å². The van der Waals surface area contributed by atoms with E-state index in [0.717, 1.165) is 69.1 Å². The van der Waals surface area contributed by atoms with Gasteiger partial charge >= 0.3 is 0 Å². The van der Waals surface area contributed by atoms with Crippen molar-refractivity contribution in [3.05, 3.63) is 46.8 Å². The molecule has 1 saturated heterocycles. The Labute approximate surface area is 174 Å². The Morgan fingerprint density at radius 2 is 1.86 bits per heavy atom. The van der Waals surface area contributed by atoms with E-state index in [9.17, 15) is 4.79 Å². The van der Waals surface area contributed by atoms with Gasteiger partial charge in [-0.2, -0.15) is 5.10 Å². The van der Waals surface area contributed by atoms with E-state index >= 15 is 0 Å². The summed E-state index contributed by atoms with van der Waals surface area (Å²) >= 11 is 0. The molecule has 1 aliphatic heterocycles. The quantitative estimate of drug-likeness (QED) is 0.696. The summed E-state index contributed by atoms with van der Waals surface area (Å²) in [5, 5.41) is 7.45. The maximum atomic E-state index is 12.2. The number of hydrogen-bond acceptors (Lipinski definition) is 4. The molecule has 2 heterocycles. The summed E-state index contributed by atoms with van der Waals surface area (Å²) in [4.78, 5) is 17.2. The molecule has 0 atom stereocenters. The van der Waals surface area contributed by atoms with Crippen LogP contribution in [0.4, 0.5) is 5.69 Å². The summed E-state index contributed by atoms with van der Waals surface area (Å²) in [5.41, 5.74) is 5.73. The highest BCUT2D eigenvalue weighted by molar-refractivity contribution is 5.79. The molecule has 3 rings (SSSR count). The van der Waals surface area contributed by atoms with Gasteiger partial charge in [0.25, 0.3) is 0 Å². The first-order valence-electron chi connectivity index (χ1n) is 10.7. The molecule has 6 nitrogen and oxygen atoms in total. The fourth-order valence-corrected chi connectivity index (χ4v) is 4.04. The third-order valence-electron chi connectivity index (χ3n) is 5.96. The predicted molar refractivity (Wildman–Crippen MR) is 118 cm³/mol. The Morgan fingerprint density at radius 1 is 1.10 bits per heavy atom. The van der Waals surface area contributed by atoms with Crippen molar-refractivity contribution in [3.63, 3.8) is 0 Å². The van der Waals surface area contributed by atoms with Crippen molar-refractivity contribution in [2.45, 2.75) is 40.0 Å². The number of benzene rings is 1. The Bertz CT molecular complexity index is 821. The van der Waals surface area contributed by atoms with E-state index in [0.29, 0.717) is 6.42 Å². The van der Waals surface area contributed by atoms with Crippen LogP contribution in [0.2, 0.25) is 0 Å². The standard InChI is InChI=1S/C23H35N5O/c1-18-8-7-9-21(16-18)28-14-12-27(13-15-28)11-6-5-10-24-23(29)17-22-19(2)25-26(4)20(22)3/h7-9,16H,5-6,10-15,17H2,1-4H3,(H,24,29). The number of piperazine rings is 1. The molecule has 158 valence electrons. The van der Waals surface area contributed by atoms with Crippen molar-refractivity contribution in [2.24, 2.45) is 7.05 Å². The van der Waals surface area contributed by atoms with Crippen LogP contribution in [0.15, 0.2) is 24.3 Å². The van der Waals surface area contributed by atoms with Gasteiger partial charge in [0.05, 0.1) is 12.1 Å². The molecule has 0 spiro atoms. The molecule has 1 N–H and O–H groups in total. The van der Waals surface area contributed by atoms with Crippen LogP contribution < -0.4 is 10.2 Å². The second-order valence-corrected chi connectivity index (χ2v) is 8.17. The molecule has 29 heavy (non-hydrogen) atoms. The molecule has 2 aromatic rings. The first-order valence-corrected chi connectivity index (χ1v) is 10.7. The molecule has 1 aromatic heterocycles. The minimum atomic E-state index is 0.0935. The van der Waals surface area contributed by atoms with E-state index in [4.69, 9.17) is 0 Å². The van der Waals surface area contributed by atoms with Crippen molar-refractivity contribution in [1.82, 2.24) is 20.0 Å². The minimum Gasteiger partial charge on any atom is -0.369 e. The molecule has 0 aliphatic carbocycles. The van der Waals surface area contributed by atoms with Crippen LogP contribution in [0.5, 0.6) is 0 Å². The van der Waals surface area contributed by atoms with E-state index in [1.165, 1.54) is 11.3 Å². The number of aryl methyl sites for hydroxylation is 3. The fraction of sp³-hybridized carbons (Fsp3) is 0.565. The van der Waals surface area contributed by atoms with Crippen LogP contribution in [0.25, 0.3) is 0 Å².